The van der Waals surface area contributed by atoms with Crippen molar-refractivity contribution in [2.75, 3.05) is 37.0 Å². The number of hydrogen-bond donors (Lipinski definition) is 2. The zero-order valence-corrected chi connectivity index (χ0v) is 17.3. The fraction of sp³-hybridized carbons (Fsp3) is 0.409. The normalized spacial score (nSPS) is 21.6. The molecule has 2 N–H and O–H groups in total. The van der Waals surface area contributed by atoms with Gasteiger partial charge in [0.25, 0.3) is 0 Å². The topological polar surface area (TPSA) is 83.8 Å². The molecule has 5 heterocycles. The van der Waals surface area contributed by atoms with Crippen LogP contribution in [0.15, 0.2) is 36.7 Å². The van der Waals surface area contributed by atoms with E-state index in [1.165, 1.54) is 0 Å². The molecule has 3 aromatic rings. The number of imidazole rings is 1. The molecule has 0 aliphatic carbocycles. The molecule has 2 aliphatic heterocycles. The molecule has 3 aromatic heterocycles. The third kappa shape index (κ3) is 3.69. The Kier molecular flexibility index (Phi) is 5.19. The summed E-state index contributed by atoms with van der Waals surface area (Å²) in [6.45, 7) is 1.93. The second kappa shape index (κ2) is 8.14. The fourth-order valence-electron chi connectivity index (χ4n) is 4.27. The second-order valence-electron chi connectivity index (χ2n) is 7.92. The molecule has 9 heteroatoms. The Balaban J connectivity index is 1.51. The lowest BCUT2D eigenvalue weighted by Gasteiger charge is -2.28. The van der Waals surface area contributed by atoms with Crippen molar-refractivity contribution in [1.82, 2.24) is 19.7 Å². The van der Waals surface area contributed by atoms with Crippen molar-refractivity contribution in [1.29, 1.82) is 0 Å². The number of halogens is 1. The number of nitrogens with zero attached hydrogens (tertiary/aromatic N) is 4. The van der Waals surface area contributed by atoms with Gasteiger partial charge < -0.3 is 20.3 Å². The number of pyridine rings is 2. The minimum Gasteiger partial charge on any atom is -0.494 e. The van der Waals surface area contributed by atoms with Crippen molar-refractivity contribution in [3.05, 3.63) is 36.7 Å². The van der Waals surface area contributed by atoms with Crippen molar-refractivity contribution in [2.24, 2.45) is 0 Å². The number of ether oxygens (including phenoxy) is 1. The molecule has 0 unspecified atom stereocenters. The van der Waals surface area contributed by atoms with Crippen LogP contribution in [-0.2, 0) is 4.79 Å². The van der Waals surface area contributed by atoms with E-state index in [1.54, 1.807) is 18.2 Å². The summed E-state index contributed by atoms with van der Waals surface area (Å²) in [5.41, 5.74) is 2.91. The molecule has 2 saturated heterocycles. The number of hydrogen-bond acceptors (Lipinski definition) is 6. The molecule has 0 bridgehead atoms. The Morgan fingerprint density at radius 3 is 3.03 bits per heavy atom. The Labute approximate surface area is 179 Å². The van der Waals surface area contributed by atoms with Gasteiger partial charge >= 0.3 is 0 Å². The molecular formula is C22H25FN6O2. The van der Waals surface area contributed by atoms with Crippen LogP contribution < -0.4 is 20.3 Å². The number of rotatable bonds is 5. The average Bonchev–Trinajstić information content (AvgIpc) is 3.40. The van der Waals surface area contributed by atoms with Crippen LogP contribution in [0.5, 0.6) is 5.75 Å². The number of anilines is 2. The first-order valence-electron chi connectivity index (χ1n) is 10.6. The highest BCUT2D eigenvalue weighted by atomic mass is 19.1. The van der Waals surface area contributed by atoms with Crippen molar-refractivity contribution < 1.29 is 13.9 Å². The van der Waals surface area contributed by atoms with Gasteiger partial charge in [-0.2, -0.15) is 0 Å². The van der Waals surface area contributed by atoms with Gasteiger partial charge in [0.15, 0.2) is 0 Å². The van der Waals surface area contributed by atoms with Gasteiger partial charge in [0.05, 0.1) is 30.7 Å². The first kappa shape index (κ1) is 19.7. The highest BCUT2D eigenvalue weighted by Gasteiger charge is 2.26. The number of methoxy groups -OCH3 is 1. The molecule has 2 aliphatic rings. The van der Waals surface area contributed by atoms with E-state index in [1.807, 2.05) is 34.9 Å². The van der Waals surface area contributed by atoms with Crippen LogP contribution in [0.3, 0.4) is 0 Å². The number of fused-ring (bicyclic) bond motifs is 1. The molecule has 2 atom stereocenters. The lowest BCUT2D eigenvalue weighted by atomic mass is 10.1. The number of carbonyl (C=O) groups excluding carboxylic acids is 1. The maximum absolute atomic E-state index is 14.2. The van der Waals surface area contributed by atoms with E-state index in [-0.39, 0.29) is 11.9 Å². The minimum atomic E-state index is -0.907. The SMILES string of the molecule is COc1cc2ncc(-c3cccc(N[C@H]4CNCC[C@@H]4F)n3)n2cc1N1CCCC1=O. The molecule has 0 aromatic carbocycles. The highest BCUT2D eigenvalue weighted by Crippen LogP contribution is 2.34. The largest absolute Gasteiger partial charge is 0.494 e. The summed E-state index contributed by atoms with van der Waals surface area (Å²) in [5, 5.41) is 6.42. The lowest BCUT2D eigenvalue weighted by molar-refractivity contribution is -0.117. The summed E-state index contributed by atoms with van der Waals surface area (Å²) in [6.07, 6.45) is 4.58. The van der Waals surface area contributed by atoms with E-state index >= 15 is 0 Å². The van der Waals surface area contributed by atoms with Gasteiger partial charge in [-0.3, -0.25) is 9.20 Å². The summed E-state index contributed by atoms with van der Waals surface area (Å²) in [5.74, 6) is 1.32. The number of carbonyl (C=O) groups is 1. The van der Waals surface area contributed by atoms with E-state index < -0.39 is 6.17 Å². The summed E-state index contributed by atoms with van der Waals surface area (Å²) in [7, 11) is 1.59. The van der Waals surface area contributed by atoms with Gasteiger partial charge in [-0.05, 0) is 31.5 Å². The van der Waals surface area contributed by atoms with Crippen LogP contribution in [0.25, 0.3) is 17.0 Å². The van der Waals surface area contributed by atoms with Gasteiger partial charge in [-0.25, -0.2) is 14.4 Å². The van der Waals surface area contributed by atoms with E-state index in [2.05, 4.69) is 15.6 Å². The average molecular weight is 424 g/mol. The molecule has 0 saturated carbocycles. The van der Waals surface area contributed by atoms with Crippen LogP contribution in [0.4, 0.5) is 15.9 Å². The predicted octanol–water partition coefficient (Wildman–Crippen LogP) is 2.64. The van der Waals surface area contributed by atoms with Gasteiger partial charge in [0.2, 0.25) is 5.91 Å². The van der Waals surface area contributed by atoms with Crippen molar-refractivity contribution in [3.8, 4) is 17.1 Å². The number of aromatic nitrogens is 3. The van der Waals surface area contributed by atoms with Gasteiger partial charge in [0.1, 0.15) is 29.1 Å². The summed E-state index contributed by atoms with van der Waals surface area (Å²) >= 11 is 0. The van der Waals surface area contributed by atoms with E-state index in [9.17, 15) is 9.18 Å². The van der Waals surface area contributed by atoms with Crippen LogP contribution in [-0.4, -0.2) is 59.2 Å². The number of nitrogens with one attached hydrogen (secondary N) is 2. The quantitative estimate of drug-likeness (QED) is 0.655. The Bertz CT molecular complexity index is 1120. The van der Waals surface area contributed by atoms with Gasteiger partial charge in [0, 0.05) is 31.8 Å². The lowest BCUT2D eigenvalue weighted by Crippen LogP contribution is -2.46. The number of piperidine rings is 1. The minimum absolute atomic E-state index is 0.0884. The maximum atomic E-state index is 14.2. The maximum Gasteiger partial charge on any atom is 0.227 e. The van der Waals surface area contributed by atoms with E-state index in [0.717, 1.165) is 17.8 Å². The third-order valence-electron chi connectivity index (χ3n) is 5.92. The van der Waals surface area contributed by atoms with Gasteiger partial charge in [-0.15, -0.1) is 0 Å². The molecule has 0 radical (unpaired) electrons. The summed E-state index contributed by atoms with van der Waals surface area (Å²) < 4.78 is 21.7. The van der Waals surface area contributed by atoms with Crippen molar-refractivity contribution >= 4 is 23.1 Å². The van der Waals surface area contributed by atoms with E-state index in [0.29, 0.717) is 55.4 Å². The zero-order valence-electron chi connectivity index (χ0n) is 17.3. The molecule has 1 amide bonds. The highest BCUT2D eigenvalue weighted by molar-refractivity contribution is 5.97. The number of amides is 1. The van der Waals surface area contributed by atoms with Crippen molar-refractivity contribution in [3.63, 3.8) is 0 Å². The summed E-state index contributed by atoms with van der Waals surface area (Å²) in [4.78, 5) is 23.3. The van der Waals surface area contributed by atoms with Crippen LogP contribution >= 0.6 is 0 Å². The van der Waals surface area contributed by atoms with Crippen LogP contribution in [0.2, 0.25) is 0 Å². The summed E-state index contributed by atoms with van der Waals surface area (Å²) in [6, 6.07) is 7.14. The Morgan fingerprint density at radius 1 is 1.35 bits per heavy atom. The molecule has 2 fully saturated rings. The standard InChI is InChI=1S/C22H25FN6O2/c1-31-19-10-21-25-12-17(29(21)13-18(19)28-9-3-6-22(28)30)15-4-2-5-20(26-15)27-16-11-24-8-7-14(16)23/h2,4-5,10,12-14,16,24H,3,6-9,11H2,1H3,(H,26,27)/t14-,16-/m0/s1. The van der Waals surface area contributed by atoms with Crippen molar-refractivity contribution in [2.45, 2.75) is 31.5 Å². The molecule has 31 heavy (non-hydrogen) atoms. The third-order valence-corrected chi connectivity index (χ3v) is 5.92. The fourth-order valence-corrected chi connectivity index (χ4v) is 4.27. The molecule has 0 spiro atoms. The molecule has 5 rings (SSSR count). The monoisotopic (exact) mass is 424 g/mol. The van der Waals surface area contributed by atoms with Crippen LogP contribution in [0, 0.1) is 0 Å². The van der Waals surface area contributed by atoms with E-state index in [4.69, 9.17) is 9.72 Å². The first-order chi connectivity index (χ1) is 15.1. The zero-order chi connectivity index (χ0) is 21.4. The Morgan fingerprint density at radius 2 is 2.26 bits per heavy atom. The number of alkyl halides is 1. The molecular weight excluding hydrogens is 399 g/mol. The smallest absolute Gasteiger partial charge is 0.227 e. The predicted molar refractivity (Wildman–Crippen MR) is 116 cm³/mol. The van der Waals surface area contributed by atoms with Crippen LogP contribution in [0.1, 0.15) is 19.3 Å². The second-order valence-corrected chi connectivity index (χ2v) is 7.92. The first-order valence-corrected chi connectivity index (χ1v) is 10.6. The van der Waals surface area contributed by atoms with Gasteiger partial charge in [-0.1, -0.05) is 6.07 Å². The molecule has 8 nitrogen and oxygen atoms in total. The Hall–Kier alpha value is -3.20. The molecule has 162 valence electrons.